The van der Waals surface area contributed by atoms with Gasteiger partial charge in [-0.05, 0) is 84.5 Å². The Bertz CT molecular complexity index is 2110. The van der Waals surface area contributed by atoms with Gasteiger partial charge in [0.15, 0.2) is 16.1 Å². The zero-order valence-corrected chi connectivity index (χ0v) is 43.4. The van der Waals surface area contributed by atoms with Gasteiger partial charge >= 0.3 is 5.97 Å². The van der Waals surface area contributed by atoms with Crippen LogP contribution in [0.3, 0.4) is 0 Å². The van der Waals surface area contributed by atoms with E-state index in [4.69, 9.17) is 28.4 Å². The van der Waals surface area contributed by atoms with E-state index in [1.807, 2.05) is 38.9 Å². The molecule has 3 aliphatic rings. The van der Waals surface area contributed by atoms with E-state index in [0.29, 0.717) is 25.9 Å². The quantitative estimate of drug-likeness (QED) is 0.211. The number of esters is 1. The predicted octanol–water partition coefficient (Wildman–Crippen LogP) is 3.37. The van der Waals surface area contributed by atoms with Crippen LogP contribution in [0.5, 0.6) is 0 Å². The second kappa shape index (κ2) is 22.2. The van der Waals surface area contributed by atoms with Crippen LogP contribution in [0.4, 0.5) is 0 Å². The van der Waals surface area contributed by atoms with Crippen LogP contribution in [0, 0.1) is 29.6 Å². The number of hydrogen-bond acceptors (Lipinski definition) is 17. The minimum atomic E-state index is -3.32. The van der Waals surface area contributed by atoms with E-state index < -0.39 is 117 Å². The number of cyclic esters (lactones) is 1. The Balaban J connectivity index is 1.48. The van der Waals surface area contributed by atoms with Crippen molar-refractivity contribution in [3.05, 3.63) is 41.7 Å². The van der Waals surface area contributed by atoms with Crippen LogP contribution < -0.4 is 0 Å². The maximum Gasteiger partial charge on any atom is 0.309 e. The van der Waals surface area contributed by atoms with Gasteiger partial charge in [-0.2, -0.15) is 0 Å². The monoisotopic (exact) mass is 981 g/mol. The van der Waals surface area contributed by atoms with Gasteiger partial charge in [0.25, 0.3) is 0 Å². The van der Waals surface area contributed by atoms with Crippen molar-refractivity contribution in [3.8, 4) is 0 Å². The average Bonchev–Trinajstić information content (AvgIpc) is 3.74. The van der Waals surface area contributed by atoms with E-state index >= 15 is 0 Å². The Morgan fingerprint density at radius 3 is 2.13 bits per heavy atom. The summed E-state index contributed by atoms with van der Waals surface area (Å²) in [7, 11) is 1.64. The van der Waals surface area contributed by atoms with E-state index in [1.54, 1.807) is 70.5 Å². The topological polar surface area (TPSA) is 239 Å². The zero-order chi connectivity index (χ0) is 50.8. The third-order valence-electron chi connectivity index (χ3n) is 15.5. The molecule has 19 heteroatoms. The molecule has 18 atom stereocenters. The minimum Gasteiger partial charge on any atom is -0.459 e. The number of likely N-dealkylation sites (N-methyl/N-ethyl adjacent to an activating group) is 1. The molecule has 0 amide bonds. The molecule has 0 saturated carbocycles. The molecule has 1 aromatic carbocycles. The van der Waals surface area contributed by atoms with Gasteiger partial charge in [0.1, 0.15) is 29.7 Å². The van der Waals surface area contributed by atoms with Gasteiger partial charge in [0.2, 0.25) is 0 Å². The van der Waals surface area contributed by atoms with Gasteiger partial charge in [0, 0.05) is 69.9 Å². The number of aromatic nitrogens is 3. The first-order valence-electron chi connectivity index (χ1n) is 24.1. The summed E-state index contributed by atoms with van der Waals surface area (Å²) in [6.07, 6.45) is -4.52. The van der Waals surface area contributed by atoms with Gasteiger partial charge in [0.05, 0.1) is 64.8 Å². The molecule has 4 N–H and O–H groups in total. The molecule has 2 aromatic rings. The molecule has 1 unspecified atom stereocenters. The Morgan fingerprint density at radius 2 is 1.54 bits per heavy atom. The van der Waals surface area contributed by atoms with Crippen LogP contribution in [0.1, 0.15) is 106 Å². The van der Waals surface area contributed by atoms with Gasteiger partial charge in [-0.1, -0.05) is 52.0 Å². The predicted molar refractivity (Wildman–Crippen MR) is 251 cm³/mol. The highest BCUT2D eigenvalue weighted by atomic mass is 32.2. The molecule has 3 fully saturated rings. The number of methoxy groups -OCH3 is 2. The second-order valence-electron chi connectivity index (χ2n) is 20.8. The summed E-state index contributed by atoms with van der Waals surface area (Å²) in [5, 5.41) is 55.6. The van der Waals surface area contributed by atoms with Crippen LogP contribution in [0.2, 0.25) is 0 Å². The molecule has 386 valence electrons. The van der Waals surface area contributed by atoms with Gasteiger partial charge < -0.3 is 53.7 Å². The summed E-state index contributed by atoms with van der Waals surface area (Å²) in [6, 6.07) is 6.20. The first-order chi connectivity index (χ1) is 31.6. The van der Waals surface area contributed by atoms with Crippen LogP contribution in [-0.2, 0) is 60.8 Å². The van der Waals surface area contributed by atoms with Crippen molar-refractivity contribution < 1.29 is 66.9 Å². The number of aliphatic hydroxyl groups is 4. The number of carbonyl (C=O) groups excluding carboxylic acids is 2. The van der Waals surface area contributed by atoms with E-state index in [2.05, 4.69) is 10.3 Å². The molecule has 0 bridgehead atoms. The maximum atomic E-state index is 14.6. The molecular weight excluding hydrogens is 901 g/mol. The van der Waals surface area contributed by atoms with E-state index in [9.17, 15) is 38.4 Å². The number of carbonyl (C=O) groups is 2. The number of Topliss-reactive ketones (excluding diaryl/α,β-unsaturated/α-hetero) is 1. The highest BCUT2D eigenvalue weighted by Crippen LogP contribution is 2.46. The SMILES string of the molecule is CC[C@H]1OC(=O)[C@H](C)C([C@H]2C[C@@](C)(OC)[C@@H](O)[C@H](C)O2)[C@H](C)[C@@H](O[C@@H]2O[C@H](C)C[C@H](N(C)CCc3cn(Cc4ccc(S(C)(=O)=O)cc4)nn3)[C@H]2O)[C@](C)(OC)C[C@@H](C)C(=O)[C@H](C)[C@@H](O)[C@]1(C)O. The van der Waals surface area contributed by atoms with Crippen LogP contribution in [0.15, 0.2) is 35.4 Å². The van der Waals surface area contributed by atoms with Gasteiger partial charge in [-0.25, -0.2) is 13.1 Å². The van der Waals surface area contributed by atoms with Crippen molar-refractivity contribution in [3.63, 3.8) is 0 Å². The highest BCUT2D eigenvalue weighted by molar-refractivity contribution is 7.90. The van der Waals surface area contributed by atoms with Crippen molar-refractivity contribution in [1.82, 2.24) is 19.9 Å². The molecular formula is C49H80N4O14S. The summed E-state index contributed by atoms with van der Waals surface area (Å²) in [4.78, 5) is 31.1. The number of benzene rings is 1. The molecule has 1 aromatic heterocycles. The van der Waals surface area contributed by atoms with Crippen molar-refractivity contribution in [2.75, 3.05) is 34.1 Å². The molecule has 68 heavy (non-hydrogen) atoms. The number of rotatable bonds is 13. The highest BCUT2D eigenvalue weighted by Gasteiger charge is 2.56. The lowest BCUT2D eigenvalue weighted by Crippen LogP contribution is -2.62. The van der Waals surface area contributed by atoms with E-state index in [-0.39, 0.29) is 36.0 Å². The third kappa shape index (κ3) is 12.2. The summed E-state index contributed by atoms with van der Waals surface area (Å²) in [6.45, 7) is 18.2. The lowest BCUT2D eigenvalue weighted by molar-refractivity contribution is -0.305. The normalized spacial score (nSPS) is 40.5. The van der Waals surface area contributed by atoms with Crippen molar-refractivity contribution in [2.45, 2.75) is 191 Å². The first kappa shape index (κ1) is 56.0. The van der Waals surface area contributed by atoms with Crippen molar-refractivity contribution in [1.29, 1.82) is 0 Å². The first-order valence-corrected chi connectivity index (χ1v) is 26.0. The molecule has 5 rings (SSSR count). The Hall–Kier alpha value is -2.95. The molecule has 18 nitrogen and oxygen atoms in total. The van der Waals surface area contributed by atoms with Crippen LogP contribution >= 0.6 is 0 Å². The number of nitrogens with zero attached hydrogens (tertiary/aromatic N) is 4. The molecule has 0 spiro atoms. The molecule has 3 saturated heterocycles. The number of sulfone groups is 1. The summed E-state index contributed by atoms with van der Waals surface area (Å²) in [5.74, 6) is -5.11. The molecule has 4 heterocycles. The molecule has 0 aliphatic carbocycles. The lowest BCUT2D eigenvalue weighted by Gasteiger charge is -2.52. The Kier molecular flexibility index (Phi) is 18.3. The number of ether oxygens (including phenoxy) is 6. The fourth-order valence-corrected chi connectivity index (χ4v) is 11.7. The smallest absolute Gasteiger partial charge is 0.309 e. The number of hydrogen-bond donors (Lipinski definition) is 4. The summed E-state index contributed by atoms with van der Waals surface area (Å²) >= 11 is 0. The average molecular weight is 981 g/mol. The largest absolute Gasteiger partial charge is 0.459 e. The van der Waals surface area contributed by atoms with Gasteiger partial charge in [-0.15, -0.1) is 5.10 Å². The van der Waals surface area contributed by atoms with Crippen molar-refractivity contribution >= 4 is 21.6 Å². The standard InChI is InChI=1S/C49H80N4O14S/c1-15-38-49(10,59)42(56)31(6)40(54)27(2)23-48(9,63-13)44(29(4)39(30(5)45(58)66-38)37-24-47(8,62-12)43(57)32(7)65-37)67-46-41(55)36(22-28(3)64-46)52(11)21-20-34-26-53(51-50-34)25-33-16-18-35(19-17-33)68(14,60)61/h16-19,26-32,36-39,41-44,46,55-57,59H,15,20-25H2,1-14H3/t27-,28-,29+,30-,31+,32+,36+,37-,38-,39?,41-,42-,43+,44-,46+,47-,48-,49-/m1/s1. The fourth-order valence-electron chi connectivity index (χ4n) is 11.1. The van der Waals surface area contributed by atoms with Crippen LogP contribution in [0.25, 0.3) is 0 Å². The number of ketones is 1. The van der Waals surface area contributed by atoms with Gasteiger partial charge in [-0.3, -0.25) is 9.59 Å². The fraction of sp³-hybridized carbons (Fsp3) is 0.796. The molecule has 3 aliphatic heterocycles. The third-order valence-corrected chi connectivity index (χ3v) is 16.7. The zero-order valence-electron chi connectivity index (χ0n) is 42.6. The Labute approximate surface area is 403 Å². The minimum absolute atomic E-state index is 0.0874. The summed E-state index contributed by atoms with van der Waals surface area (Å²) in [5.41, 5.74) is -2.76. The lowest BCUT2D eigenvalue weighted by atomic mass is 9.67. The van der Waals surface area contributed by atoms with Crippen molar-refractivity contribution in [2.24, 2.45) is 29.6 Å². The maximum absolute atomic E-state index is 14.6. The van der Waals surface area contributed by atoms with Crippen LogP contribution in [-0.4, -0.2) is 173 Å². The molecule has 0 radical (unpaired) electrons. The van der Waals surface area contributed by atoms with E-state index in [0.717, 1.165) is 11.3 Å². The summed E-state index contributed by atoms with van der Waals surface area (Å²) < 4.78 is 64.1. The number of aliphatic hydroxyl groups excluding tert-OH is 3. The second-order valence-corrected chi connectivity index (χ2v) is 22.8. The van der Waals surface area contributed by atoms with E-state index in [1.165, 1.54) is 27.4 Å². The Morgan fingerprint density at radius 1 is 0.912 bits per heavy atom.